The maximum atomic E-state index is 11.1. The fourth-order valence-corrected chi connectivity index (χ4v) is 8.30. The molecule has 0 aliphatic heterocycles. The molecule has 9 nitrogen and oxygen atoms in total. The van der Waals surface area contributed by atoms with Crippen LogP contribution in [0.1, 0.15) is 61.1 Å². The summed E-state index contributed by atoms with van der Waals surface area (Å²) in [6.07, 6.45) is 4.91. The van der Waals surface area contributed by atoms with Crippen LogP contribution in [0.25, 0.3) is 0 Å². The number of phenolic OH excluding ortho intramolecular Hbond substituents is 1. The number of likely N-dealkylation sites (N-methyl/N-ethyl adjacent to an activating group) is 1. The van der Waals surface area contributed by atoms with E-state index in [2.05, 4.69) is 49.2 Å². The van der Waals surface area contributed by atoms with Gasteiger partial charge in [-0.15, -0.1) is 0 Å². The predicted molar refractivity (Wildman–Crippen MR) is 179 cm³/mol. The van der Waals surface area contributed by atoms with E-state index in [1.807, 2.05) is 12.1 Å². The third-order valence-corrected chi connectivity index (χ3v) is 10.7. The third kappa shape index (κ3) is 8.81. The average Bonchev–Trinajstić information content (AvgIpc) is 3.36. The normalized spacial score (nSPS) is 26.9. The summed E-state index contributed by atoms with van der Waals surface area (Å²) in [5.41, 5.74) is 9.33. The smallest absolute Gasteiger partial charge is 0.119 e. The number of fused-ring (bicyclic) bond motifs is 5. The van der Waals surface area contributed by atoms with Crippen LogP contribution in [0.15, 0.2) is 42.5 Å². The van der Waals surface area contributed by atoms with Gasteiger partial charge in [-0.25, -0.2) is 0 Å². The average molecular weight is 641 g/mol. The number of nitrogens with two attached hydrogens (primary N) is 1. The topological polar surface area (TPSA) is 116 Å². The highest BCUT2D eigenvalue weighted by Gasteiger charge is 2.57. The summed E-state index contributed by atoms with van der Waals surface area (Å²) >= 11 is 0. The third-order valence-electron chi connectivity index (χ3n) is 10.7. The molecular formula is C37H56N2O7. The molecule has 46 heavy (non-hydrogen) atoms. The van der Waals surface area contributed by atoms with Crippen LogP contribution in [0.4, 0.5) is 0 Å². The molecule has 3 unspecified atom stereocenters. The summed E-state index contributed by atoms with van der Waals surface area (Å²) in [4.78, 5) is 2.21. The minimum Gasteiger partial charge on any atom is -0.508 e. The highest BCUT2D eigenvalue weighted by atomic mass is 16.6. The first-order valence-electron chi connectivity index (χ1n) is 17.3. The Bertz CT molecular complexity index is 1200. The molecule has 0 bridgehead atoms. The van der Waals surface area contributed by atoms with Gasteiger partial charge in [0, 0.05) is 19.6 Å². The van der Waals surface area contributed by atoms with E-state index >= 15 is 0 Å². The number of phenols is 1. The zero-order chi connectivity index (χ0) is 32.4. The van der Waals surface area contributed by atoms with Crippen LogP contribution in [0.5, 0.6) is 11.5 Å². The van der Waals surface area contributed by atoms with E-state index in [9.17, 15) is 10.2 Å². The number of aryl methyl sites for hydroxylation is 1. The first-order chi connectivity index (χ1) is 22.4. The van der Waals surface area contributed by atoms with Gasteiger partial charge < -0.3 is 44.5 Å². The first kappa shape index (κ1) is 35.1. The van der Waals surface area contributed by atoms with Crippen molar-refractivity contribution >= 4 is 0 Å². The van der Waals surface area contributed by atoms with Crippen LogP contribution in [0, 0.1) is 17.3 Å². The number of benzene rings is 2. The van der Waals surface area contributed by atoms with Crippen molar-refractivity contribution in [3.05, 3.63) is 59.2 Å². The summed E-state index contributed by atoms with van der Waals surface area (Å²) in [5, 5.41) is 21.3. The summed E-state index contributed by atoms with van der Waals surface area (Å²) < 4.78 is 28.1. The molecule has 2 saturated carbocycles. The van der Waals surface area contributed by atoms with Crippen molar-refractivity contribution in [2.45, 2.75) is 57.0 Å². The lowest BCUT2D eigenvalue weighted by molar-refractivity contribution is -0.0323. The Hall–Kier alpha value is -2.24. The largest absolute Gasteiger partial charge is 0.508 e. The Morgan fingerprint density at radius 3 is 2.17 bits per heavy atom. The highest BCUT2D eigenvalue weighted by Crippen LogP contribution is 2.65. The molecule has 6 atom stereocenters. The molecule has 0 spiro atoms. The Morgan fingerprint density at radius 1 is 0.826 bits per heavy atom. The first-order valence-corrected chi connectivity index (χ1v) is 17.3. The SMILES string of the molecule is CN(CCOCCOCCOCCOCCN)CCOc1ccc([C@H]2C[C@@]3(C)C(CC[C@@H]3O)C3CCc4cc(O)ccc4C32)cc1. The second-order valence-corrected chi connectivity index (χ2v) is 13.6. The van der Waals surface area contributed by atoms with E-state index in [0.717, 1.165) is 50.9 Å². The van der Waals surface area contributed by atoms with Crippen molar-refractivity contribution in [2.75, 3.05) is 86.1 Å². The van der Waals surface area contributed by atoms with Crippen LogP contribution in [-0.2, 0) is 25.4 Å². The second-order valence-electron chi connectivity index (χ2n) is 13.6. The maximum absolute atomic E-state index is 11.1. The number of hydrogen-bond acceptors (Lipinski definition) is 9. The predicted octanol–water partition coefficient (Wildman–Crippen LogP) is 4.34. The van der Waals surface area contributed by atoms with E-state index in [0.29, 0.717) is 95.4 Å². The molecule has 0 radical (unpaired) electrons. The number of aliphatic hydroxyl groups excluding tert-OH is 1. The minimum atomic E-state index is -0.233. The number of aliphatic hydroxyl groups is 1. The van der Waals surface area contributed by atoms with Crippen molar-refractivity contribution in [1.82, 2.24) is 4.90 Å². The monoisotopic (exact) mass is 640 g/mol. The van der Waals surface area contributed by atoms with Crippen molar-refractivity contribution in [3.8, 4) is 11.5 Å². The van der Waals surface area contributed by atoms with Crippen molar-refractivity contribution in [2.24, 2.45) is 23.0 Å². The van der Waals surface area contributed by atoms with Crippen molar-refractivity contribution < 1.29 is 33.9 Å². The van der Waals surface area contributed by atoms with E-state index < -0.39 is 0 Å². The van der Waals surface area contributed by atoms with E-state index in [1.165, 1.54) is 16.7 Å². The van der Waals surface area contributed by atoms with E-state index in [1.54, 1.807) is 0 Å². The van der Waals surface area contributed by atoms with Gasteiger partial charge >= 0.3 is 0 Å². The zero-order valence-corrected chi connectivity index (χ0v) is 27.9. The standard InChI is InChI=1S/C37H56N2O7/c1-37-26-33(36-31-10-6-29(40)25-28(31)5-9-32(36)34(37)11-12-35(37)41)27-3-7-30(8-4-27)46-18-15-39(2)14-17-43-20-22-45-24-23-44-21-19-42-16-13-38/h3-4,6-8,10,25,32-36,40-41H,5,9,11-24,26,38H2,1-2H3/t32?,33-,34?,35+,36?,37+/m1/s1. The Balaban J connectivity index is 1.03. The van der Waals surface area contributed by atoms with Gasteiger partial charge in [0.2, 0.25) is 0 Å². The molecular weight excluding hydrogens is 584 g/mol. The molecule has 0 saturated heterocycles. The molecule has 256 valence electrons. The zero-order valence-electron chi connectivity index (χ0n) is 27.9. The molecule has 0 heterocycles. The van der Waals surface area contributed by atoms with Crippen molar-refractivity contribution in [1.29, 1.82) is 0 Å². The lowest BCUT2D eigenvalue weighted by Crippen LogP contribution is -2.47. The molecule has 5 rings (SSSR count). The molecule has 0 amide bonds. The lowest BCUT2D eigenvalue weighted by Gasteiger charge is -2.54. The molecule has 2 aromatic carbocycles. The van der Waals surface area contributed by atoms with Gasteiger partial charge in [0.1, 0.15) is 18.1 Å². The van der Waals surface area contributed by atoms with E-state index in [4.69, 9.17) is 29.4 Å². The van der Waals surface area contributed by atoms with Crippen LogP contribution in [-0.4, -0.2) is 107 Å². The summed E-state index contributed by atoms with van der Waals surface area (Å²) in [5.74, 6) is 3.07. The molecule has 3 aliphatic carbocycles. The van der Waals surface area contributed by atoms with Gasteiger partial charge in [-0.1, -0.05) is 25.1 Å². The van der Waals surface area contributed by atoms with Crippen LogP contribution in [0.3, 0.4) is 0 Å². The molecule has 4 N–H and O–H groups in total. The highest BCUT2D eigenvalue weighted by molar-refractivity contribution is 5.43. The Kier molecular flexibility index (Phi) is 13.1. The summed E-state index contributed by atoms with van der Waals surface area (Å²) in [6, 6.07) is 14.7. The number of aromatic hydroxyl groups is 1. The maximum Gasteiger partial charge on any atom is 0.119 e. The van der Waals surface area contributed by atoms with Crippen LogP contribution < -0.4 is 10.5 Å². The van der Waals surface area contributed by atoms with Gasteiger partial charge in [-0.3, -0.25) is 0 Å². The molecule has 2 aromatic rings. The number of rotatable bonds is 19. The minimum absolute atomic E-state index is 0.0494. The van der Waals surface area contributed by atoms with E-state index in [-0.39, 0.29) is 11.5 Å². The van der Waals surface area contributed by atoms with Gasteiger partial charge in [0.15, 0.2) is 0 Å². The quantitative estimate of drug-likeness (QED) is 0.193. The molecule has 0 aromatic heterocycles. The van der Waals surface area contributed by atoms with Gasteiger partial charge in [-0.05, 0) is 109 Å². The van der Waals surface area contributed by atoms with Crippen molar-refractivity contribution in [3.63, 3.8) is 0 Å². The summed E-state index contributed by atoms with van der Waals surface area (Å²) in [6.45, 7) is 9.61. The van der Waals surface area contributed by atoms with Gasteiger partial charge in [-0.2, -0.15) is 0 Å². The molecule has 2 fully saturated rings. The number of ether oxygens (including phenoxy) is 5. The van der Waals surface area contributed by atoms with Gasteiger partial charge in [0.05, 0.1) is 59.0 Å². The Morgan fingerprint density at radius 2 is 1.48 bits per heavy atom. The lowest BCUT2D eigenvalue weighted by atomic mass is 9.51. The number of nitrogens with zero attached hydrogens (tertiary/aromatic N) is 1. The van der Waals surface area contributed by atoms with Gasteiger partial charge in [0.25, 0.3) is 0 Å². The fourth-order valence-electron chi connectivity index (χ4n) is 8.30. The fraction of sp³-hybridized carbons (Fsp3) is 0.676. The molecule has 3 aliphatic rings. The van der Waals surface area contributed by atoms with Crippen LogP contribution >= 0.6 is 0 Å². The molecule has 9 heteroatoms. The van der Waals surface area contributed by atoms with Crippen LogP contribution in [0.2, 0.25) is 0 Å². The second kappa shape index (κ2) is 17.2. The Labute approximate surface area is 275 Å². The number of hydrogen-bond donors (Lipinski definition) is 3. The summed E-state index contributed by atoms with van der Waals surface area (Å²) in [7, 11) is 2.08.